The van der Waals surface area contributed by atoms with Gasteiger partial charge in [0.1, 0.15) is 5.82 Å². The number of carbonyl (C=O) groups is 2. The number of rotatable bonds is 8. The molecule has 0 aliphatic heterocycles. The largest absolute Gasteiger partial charge is 0.459 e. The Hall–Kier alpha value is -3.46. The molecule has 3 heterocycles. The van der Waals surface area contributed by atoms with Crippen LogP contribution in [0.1, 0.15) is 28.5 Å². The molecule has 0 unspecified atom stereocenters. The number of carbonyl (C=O) groups excluding carboxylic acids is 2. The number of aromatic amines is 1. The molecule has 1 aromatic carbocycles. The molecule has 0 aliphatic rings. The number of para-hydroxylation sites is 2. The summed E-state index contributed by atoms with van der Waals surface area (Å²) in [5.41, 5.74) is 2.68. The summed E-state index contributed by atoms with van der Waals surface area (Å²) in [5, 5.41) is 7.89. The van der Waals surface area contributed by atoms with Crippen LogP contribution in [-0.4, -0.2) is 33.3 Å². The van der Waals surface area contributed by atoms with Crippen LogP contribution in [0.2, 0.25) is 0 Å². The highest BCUT2D eigenvalue weighted by Crippen LogP contribution is 2.17. The minimum Gasteiger partial charge on any atom is -0.459 e. The van der Waals surface area contributed by atoms with Crippen LogP contribution in [0.5, 0.6) is 0 Å². The zero-order valence-electron chi connectivity index (χ0n) is 15.5. The lowest BCUT2D eigenvalue weighted by Crippen LogP contribution is -2.26. The molecule has 0 spiro atoms. The van der Waals surface area contributed by atoms with Crippen LogP contribution >= 0.6 is 11.3 Å². The van der Waals surface area contributed by atoms with Gasteiger partial charge in [0.15, 0.2) is 10.9 Å². The molecular formula is C20H19N5O3S. The van der Waals surface area contributed by atoms with Crippen LogP contribution in [-0.2, 0) is 17.6 Å². The van der Waals surface area contributed by atoms with E-state index in [2.05, 4.69) is 25.6 Å². The average Bonchev–Trinajstić information content (AvgIpc) is 3.46. The van der Waals surface area contributed by atoms with Crippen LogP contribution in [0.3, 0.4) is 0 Å². The van der Waals surface area contributed by atoms with E-state index in [1.54, 1.807) is 12.1 Å². The van der Waals surface area contributed by atoms with Crippen molar-refractivity contribution in [3.63, 3.8) is 0 Å². The van der Waals surface area contributed by atoms with Crippen LogP contribution < -0.4 is 10.6 Å². The Labute approximate surface area is 170 Å². The van der Waals surface area contributed by atoms with Crippen molar-refractivity contribution in [3.8, 4) is 0 Å². The van der Waals surface area contributed by atoms with Gasteiger partial charge < -0.3 is 14.7 Å². The minimum atomic E-state index is -0.348. The van der Waals surface area contributed by atoms with Gasteiger partial charge in [-0.15, -0.1) is 11.3 Å². The van der Waals surface area contributed by atoms with E-state index in [1.165, 1.54) is 17.6 Å². The van der Waals surface area contributed by atoms with Crippen molar-refractivity contribution in [2.24, 2.45) is 0 Å². The number of benzene rings is 1. The number of aryl methyl sites for hydroxylation is 1. The monoisotopic (exact) mass is 409 g/mol. The number of H-pyrrole nitrogens is 1. The van der Waals surface area contributed by atoms with Gasteiger partial charge in [-0.1, -0.05) is 12.1 Å². The van der Waals surface area contributed by atoms with Gasteiger partial charge in [0.2, 0.25) is 5.91 Å². The quantitative estimate of drug-likeness (QED) is 0.414. The summed E-state index contributed by atoms with van der Waals surface area (Å²) in [6.07, 6.45) is 2.91. The molecule has 0 aliphatic carbocycles. The van der Waals surface area contributed by atoms with E-state index in [9.17, 15) is 9.59 Å². The second-order valence-corrected chi connectivity index (χ2v) is 7.23. The predicted octanol–water partition coefficient (Wildman–Crippen LogP) is 3.16. The number of thiazole rings is 1. The van der Waals surface area contributed by atoms with E-state index in [0.717, 1.165) is 22.6 Å². The molecule has 29 heavy (non-hydrogen) atoms. The molecule has 4 rings (SSSR count). The zero-order chi connectivity index (χ0) is 20.1. The molecule has 3 N–H and O–H groups in total. The summed E-state index contributed by atoms with van der Waals surface area (Å²) in [7, 11) is 0. The summed E-state index contributed by atoms with van der Waals surface area (Å²) in [6, 6.07) is 11.1. The van der Waals surface area contributed by atoms with Gasteiger partial charge in [0.05, 0.1) is 23.0 Å². The molecular weight excluding hydrogens is 390 g/mol. The third kappa shape index (κ3) is 4.88. The molecule has 2 amide bonds. The second-order valence-electron chi connectivity index (χ2n) is 6.38. The van der Waals surface area contributed by atoms with Crippen molar-refractivity contribution in [2.45, 2.75) is 19.3 Å². The molecule has 3 aromatic heterocycles. The van der Waals surface area contributed by atoms with Gasteiger partial charge >= 0.3 is 0 Å². The Morgan fingerprint density at radius 3 is 2.83 bits per heavy atom. The zero-order valence-corrected chi connectivity index (χ0v) is 16.3. The van der Waals surface area contributed by atoms with Gasteiger partial charge in [-0.05, 0) is 30.7 Å². The first-order valence-electron chi connectivity index (χ1n) is 9.17. The number of hydrogen-bond acceptors (Lipinski definition) is 6. The third-order valence-electron chi connectivity index (χ3n) is 4.25. The predicted molar refractivity (Wildman–Crippen MR) is 110 cm³/mol. The molecule has 0 bridgehead atoms. The molecule has 8 nitrogen and oxygen atoms in total. The first-order chi connectivity index (χ1) is 14.2. The van der Waals surface area contributed by atoms with Crippen molar-refractivity contribution in [3.05, 3.63) is 65.3 Å². The lowest BCUT2D eigenvalue weighted by Gasteiger charge is -2.03. The Bertz CT molecular complexity index is 1080. The van der Waals surface area contributed by atoms with Crippen molar-refractivity contribution in [2.75, 3.05) is 11.9 Å². The van der Waals surface area contributed by atoms with E-state index in [0.29, 0.717) is 30.9 Å². The summed E-state index contributed by atoms with van der Waals surface area (Å²) in [6.45, 7) is 0.514. The summed E-state index contributed by atoms with van der Waals surface area (Å²) in [5.74, 6) is 0.683. The Balaban J connectivity index is 1.19. The van der Waals surface area contributed by atoms with Crippen LogP contribution in [0.25, 0.3) is 11.0 Å². The highest BCUT2D eigenvalue weighted by molar-refractivity contribution is 7.13. The number of anilines is 1. The van der Waals surface area contributed by atoms with Crippen LogP contribution in [0.4, 0.5) is 5.13 Å². The van der Waals surface area contributed by atoms with Crippen molar-refractivity contribution >= 4 is 39.3 Å². The Morgan fingerprint density at radius 2 is 2.00 bits per heavy atom. The fourth-order valence-corrected chi connectivity index (χ4v) is 3.56. The van der Waals surface area contributed by atoms with Crippen molar-refractivity contribution in [1.29, 1.82) is 0 Å². The molecule has 4 aromatic rings. The molecule has 148 valence electrons. The standard InChI is InChI=1S/C20H19N5O3S/c26-18(21-10-9-17-23-14-4-1-2-5-15(14)24-17)8-7-13-12-29-20(22-13)25-19(27)16-6-3-11-28-16/h1-6,11-12H,7-10H2,(H,21,26)(H,23,24)(H,22,25,27). The first-order valence-corrected chi connectivity index (χ1v) is 10.0. The smallest absolute Gasteiger partial charge is 0.293 e. The first kappa shape index (κ1) is 18.9. The van der Waals surface area contributed by atoms with E-state index >= 15 is 0 Å². The van der Waals surface area contributed by atoms with Gasteiger partial charge in [-0.25, -0.2) is 9.97 Å². The number of amides is 2. The molecule has 0 saturated heterocycles. The molecule has 0 fully saturated rings. The van der Waals surface area contributed by atoms with E-state index < -0.39 is 0 Å². The fourth-order valence-electron chi connectivity index (χ4n) is 2.82. The minimum absolute atomic E-state index is 0.0460. The summed E-state index contributed by atoms with van der Waals surface area (Å²) < 4.78 is 5.04. The SMILES string of the molecule is O=C(CCc1csc(NC(=O)c2ccco2)n1)NCCc1nc2ccccc2[nH]1. The van der Waals surface area contributed by atoms with Crippen molar-refractivity contribution in [1.82, 2.24) is 20.3 Å². The second kappa shape index (κ2) is 8.70. The fraction of sp³-hybridized carbons (Fsp3) is 0.200. The molecule has 0 atom stereocenters. The maximum atomic E-state index is 12.1. The summed E-state index contributed by atoms with van der Waals surface area (Å²) in [4.78, 5) is 36.1. The van der Waals surface area contributed by atoms with Gasteiger partial charge in [-0.3, -0.25) is 14.9 Å². The maximum absolute atomic E-state index is 12.1. The topological polar surface area (TPSA) is 113 Å². The maximum Gasteiger partial charge on any atom is 0.293 e. The van der Waals surface area contributed by atoms with Crippen LogP contribution in [0.15, 0.2) is 52.5 Å². The summed E-state index contributed by atoms with van der Waals surface area (Å²) >= 11 is 1.32. The molecule has 0 saturated carbocycles. The number of nitrogens with one attached hydrogen (secondary N) is 3. The lowest BCUT2D eigenvalue weighted by molar-refractivity contribution is -0.121. The highest BCUT2D eigenvalue weighted by atomic mass is 32.1. The number of nitrogens with zero attached hydrogens (tertiary/aromatic N) is 2. The van der Waals surface area contributed by atoms with E-state index in [-0.39, 0.29) is 17.6 Å². The third-order valence-corrected chi connectivity index (χ3v) is 5.05. The number of aromatic nitrogens is 3. The van der Waals surface area contributed by atoms with Crippen molar-refractivity contribution < 1.29 is 14.0 Å². The number of fused-ring (bicyclic) bond motifs is 1. The van der Waals surface area contributed by atoms with Gasteiger partial charge in [0.25, 0.3) is 5.91 Å². The van der Waals surface area contributed by atoms with Crippen LogP contribution in [0, 0.1) is 0 Å². The van der Waals surface area contributed by atoms with Gasteiger partial charge in [0, 0.05) is 24.8 Å². The number of hydrogen-bond donors (Lipinski definition) is 3. The highest BCUT2D eigenvalue weighted by Gasteiger charge is 2.12. The average molecular weight is 409 g/mol. The van der Waals surface area contributed by atoms with Gasteiger partial charge in [-0.2, -0.15) is 0 Å². The Kier molecular flexibility index (Phi) is 5.66. The molecule has 0 radical (unpaired) electrons. The molecule has 9 heteroatoms. The Morgan fingerprint density at radius 1 is 1.10 bits per heavy atom. The van der Waals surface area contributed by atoms with E-state index in [4.69, 9.17) is 4.42 Å². The number of imidazole rings is 1. The lowest BCUT2D eigenvalue weighted by atomic mass is 10.2. The van der Waals surface area contributed by atoms with E-state index in [1.807, 2.05) is 29.6 Å². The normalized spacial score (nSPS) is 10.9. The number of furan rings is 1.